The topological polar surface area (TPSA) is 69.4 Å². The van der Waals surface area contributed by atoms with Crippen LogP contribution in [0.25, 0.3) is 0 Å². The minimum absolute atomic E-state index is 0.0122. The molecule has 0 aliphatic carbocycles. The largest absolute Gasteiger partial charge is 0.392 e. The predicted molar refractivity (Wildman–Crippen MR) is 39.6 cm³/mol. The second-order valence-corrected chi connectivity index (χ2v) is 2.68. The van der Waals surface area contributed by atoms with Gasteiger partial charge in [-0.2, -0.15) is 0 Å². The highest BCUT2D eigenvalue weighted by Gasteiger charge is 2.19. The van der Waals surface area contributed by atoms with Gasteiger partial charge in [0, 0.05) is 6.92 Å². The zero-order valence-electron chi connectivity index (χ0n) is 6.96. The Hall–Kier alpha value is -0.900. The quantitative estimate of drug-likeness (QED) is 0.457. The lowest BCUT2D eigenvalue weighted by Gasteiger charge is -2.11. The Bertz CT molecular complexity index is 165. The Morgan fingerprint density at radius 2 is 1.82 bits per heavy atom. The van der Waals surface area contributed by atoms with Crippen LogP contribution < -0.4 is 5.73 Å². The molecule has 0 amide bonds. The minimum atomic E-state index is -0.709. The van der Waals surface area contributed by atoms with Gasteiger partial charge in [-0.3, -0.25) is 4.79 Å². The fourth-order valence-electron chi connectivity index (χ4n) is 0.482. The summed E-state index contributed by atoms with van der Waals surface area (Å²) in [6.07, 6.45) is 0. The van der Waals surface area contributed by atoms with Crippen LogP contribution in [0, 0.1) is 5.92 Å². The maximum absolute atomic E-state index is 10.8. The molecule has 0 spiro atoms. The molecule has 0 saturated carbocycles. The van der Waals surface area contributed by atoms with Crippen LogP contribution in [0.3, 0.4) is 0 Å². The van der Waals surface area contributed by atoms with Crippen molar-refractivity contribution in [3.8, 4) is 0 Å². The minimum Gasteiger partial charge on any atom is -0.392 e. The summed E-state index contributed by atoms with van der Waals surface area (Å²) in [5, 5.41) is 0. The zero-order valence-corrected chi connectivity index (χ0v) is 6.96. The van der Waals surface area contributed by atoms with Gasteiger partial charge in [-0.1, -0.05) is 13.8 Å². The molecule has 0 aliphatic rings. The van der Waals surface area contributed by atoms with Gasteiger partial charge in [0.05, 0.1) is 0 Å². The molecule has 0 unspecified atom stereocenters. The van der Waals surface area contributed by atoms with Gasteiger partial charge in [-0.05, 0) is 5.92 Å². The summed E-state index contributed by atoms with van der Waals surface area (Å²) in [5.74, 6) is -1.29. The second kappa shape index (κ2) is 4.08. The lowest BCUT2D eigenvalue weighted by molar-refractivity contribution is -0.159. The van der Waals surface area contributed by atoms with Crippen LogP contribution in [0.4, 0.5) is 0 Å². The Labute approximate surface area is 65.7 Å². The summed E-state index contributed by atoms with van der Waals surface area (Å²) < 4.78 is 4.27. The van der Waals surface area contributed by atoms with Gasteiger partial charge in [0.1, 0.15) is 6.04 Å². The van der Waals surface area contributed by atoms with E-state index < -0.39 is 18.0 Å². The first-order chi connectivity index (χ1) is 4.95. The van der Waals surface area contributed by atoms with Gasteiger partial charge >= 0.3 is 11.9 Å². The van der Waals surface area contributed by atoms with Crippen LogP contribution in [0.5, 0.6) is 0 Å². The highest BCUT2D eigenvalue weighted by molar-refractivity contribution is 5.87. The normalized spacial score (nSPS) is 12.8. The van der Waals surface area contributed by atoms with Crippen molar-refractivity contribution >= 4 is 11.9 Å². The number of hydrogen-bond donors (Lipinski definition) is 1. The molecule has 4 heteroatoms. The van der Waals surface area contributed by atoms with Crippen molar-refractivity contribution in [1.29, 1.82) is 0 Å². The molecule has 0 heterocycles. The summed E-state index contributed by atoms with van der Waals surface area (Å²) in [4.78, 5) is 21.1. The van der Waals surface area contributed by atoms with Crippen LogP contribution in [0.1, 0.15) is 20.8 Å². The van der Waals surface area contributed by atoms with Crippen molar-refractivity contribution in [2.45, 2.75) is 26.8 Å². The highest BCUT2D eigenvalue weighted by Crippen LogP contribution is 2.00. The Morgan fingerprint density at radius 1 is 1.36 bits per heavy atom. The van der Waals surface area contributed by atoms with Crippen LogP contribution >= 0.6 is 0 Å². The smallest absolute Gasteiger partial charge is 0.330 e. The summed E-state index contributed by atoms with van der Waals surface area (Å²) in [6, 6.07) is -0.709. The summed E-state index contributed by atoms with van der Waals surface area (Å²) in [6.45, 7) is 4.74. The molecule has 0 radical (unpaired) electrons. The molecule has 0 saturated heterocycles. The third-order valence-electron chi connectivity index (χ3n) is 1.23. The number of carbonyl (C=O) groups is 2. The predicted octanol–water partition coefficient (Wildman–Crippen LogP) is 0.0594. The first-order valence-electron chi connectivity index (χ1n) is 3.43. The maximum atomic E-state index is 10.8. The fourth-order valence-corrected chi connectivity index (χ4v) is 0.482. The van der Waals surface area contributed by atoms with Crippen LogP contribution in [-0.2, 0) is 14.3 Å². The monoisotopic (exact) mass is 159 g/mol. The fraction of sp³-hybridized carbons (Fsp3) is 0.714. The number of ether oxygens (including phenoxy) is 1. The Balaban J connectivity index is 3.93. The standard InChI is InChI=1S/C7H13NO3/c1-4(2)6(8)7(10)11-5(3)9/h4,6H,8H2,1-3H3/t6-/m1/s1. The average Bonchev–Trinajstić information content (AvgIpc) is 1.84. The van der Waals surface area contributed by atoms with E-state index in [0.717, 1.165) is 0 Å². The van der Waals surface area contributed by atoms with E-state index in [2.05, 4.69) is 4.74 Å². The van der Waals surface area contributed by atoms with E-state index in [1.54, 1.807) is 13.8 Å². The third kappa shape index (κ3) is 3.72. The Morgan fingerprint density at radius 3 is 2.09 bits per heavy atom. The summed E-state index contributed by atoms with van der Waals surface area (Å²) >= 11 is 0. The van der Waals surface area contributed by atoms with E-state index in [1.165, 1.54) is 6.92 Å². The van der Waals surface area contributed by atoms with E-state index >= 15 is 0 Å². The van der Waals surface area contributed by atoms with Gasteiger partial charge in [0.25, 0.3) is 0 Å². The van der Waals surface area contributed by atoms with E-state index in [9.17, 15) is 9.59 Å². The van der Waals surface area contributed by atoms with Crippen molar-refractivity contribution in [3.05, 3.63) is 0 Å². The number of esters is 2. The van der Waals surface area contributed by atoms with Crippen LogP contribution in [-0.4, -0.2) is 18.0 Å². The number of hydrogen-bond acceptors (Lipinski definition) is 4. The van der Waals surface area contributed by atoms with E-state index in [1.807, 2.05) is 0 Å². The molecule has 0 fully saturated rings. The van der Waals surface area contributed by atoms with Crippen molar-refractivity contribution < 1.29 is 14.3 Å². The van der Waals surface area contributed by atoms with E-state index in [4.69, 9.17) is 5.73 Å². The van der Waals surface area contributed by atoms with Gasteiger partial charge < -0.3 is 10.5 Å². The molecule has 0 rings (SSSR count). The first-order valence-corrected chi connectivity index (χ1v) is 3.43. The molecule has 11 heavy (non-hydrogen) atoms. The highest BCUT2D eigenvalue weighted by atomic mass is 16.6. The SMILES string of the molecule is CC(=O)OC(=O)[C@H](N)C(C)C. The second-order valence-electron chi connectivity index (χ2n) is 2.68. The van der Waals surface area contributed by atoms with Crippen molar-refractivity contribution in [2.24, 2.45) is 11.7 Å². The zero-order chi connectivity index (χ0) is 9.02. The van der Waals surface area contributed by atoms with Gasteiger partial charge in [-0.15, -0.1) is 0 Å². The molecule has 0 aromatic heterocycles. The van der Waals surface area contributed by atoms with E-state index in [0.29, 0.717) is 0 Å². The average molecular weight is 159 g/mol. The first kappa shape index (κ1) is 10.1. The molecule has 64 valence electrons. The molecule has 2 N–H and O–H groups in total. The molecule has 1 atom stereocenters. The van der Waals surface area contributed by atoms with Crippen molar-refractivity contribution in [2.75, 3.05) is 0 Å². The summed E-state index contributed by atoms with van der Waals surface area (Å²) in [5.41, 5.74) is 5.38. The number of carbonyl (C=O) groups excluding carboxylic acids is 2. The van der Waals surface area contributed by atoms with Crippen LogP contribution in [0.15, 0.2) is 0 Å². The molecule has 0 aliphatic heterocycles. The number of rotatable bonds is 2. The lowest BCUT2D eigenvalue weighted by atomic mass is 10.1. The van der Waals surface area contributed by atoms with Gasteiger partial charge in [0.15, 0.2) is 0 Å². The molecule has 0 aromatic rings. The van der Waals surface area contributed by atoms with Crippen molar-refractivity contribution in [3.63, 3.8) is 0 Å². The van der Waals surface area contributed by atoms with Gasteiger partial charge in [-0.25, -0.2) is 4.79 Å². The molecule has 0 aromatic carbocycles. The molecular formula is C7H13NO3. The number of nitrogens with two attached hydrogens (primary N) is 1. The molecular weight excluding hydrogens is 146 g/mol. The van der Waals surface area contributed by atoms with Crippen molar-refractivity contribution in [1.82, 2.24) is 0 Å². The lowest BCUT2D eigenvalue weighted by Crippen LogP contribution is -2.37. The Kier molecular flexibility index (Phi) is 3.74. The maximum Gasteiger partial charge on any atom is 0.330 e. The molecule has 4 nitrogen and oxygen atoms in total. The third-order valence-corrected chi connectivity index (χ3v) is 1.23. The molecule has 0 bridgehead atoms. The summed E-state index contributed by atoms with van der Waals surface area (Å²) in [7, 11) is 0. The van der Waals surface area contributed by atoms with E-state index in [-0.39, 0.29) is 5.92 Å². The van der Waals surface area contributed by atoms with Crippen LogP contribution in [0.2, 0.25) is 0 Å². The van der Waals surface area contributed by atoms with Gasteiger partial charge in [0.2, 0.25) is 0 Å².